The van der Waals surface area contributed by atoms with Gasteiger partial charge in [-0.2, -0.15) is 0 Å². The lowest BCUT2D eigenvalue weighted by Crippen LogP contribution is -2.21. The van der Waals surface area contributed by atoms with Gasteiger partial charge in [0.05, 0.1) is 0 Å². The lowest BCUT2D eigenvalue weighted by Gasteiger charge is -2.15. The summed E-state index contributed by atoms with van der Waals surface area (Å²) in [6.07, 6.45) is 2.59. The number of rotatable bonds is 4. The second-order valence-electron chi connectivity index (χ2n) is 4.51. The van der Waals surface area contributed by atoms with Crippen LogP contribution in [0.25, 0.3) is 0 Å². The van der Waals surface area contributed by atoms with Crippen LogP contribution in [0.5, 0.6) is 5.75 Å². The third-order valence-corrected chi connectivity index (χ3v) is 3.23. The Bertz CT molecular complexity index is 359. The molecule has 0 spiro atoms. The van der Waals surface area contributed by atoms with Crippen molar-refractivity contribution in [3.8, 4) is 5.75 Å². The number of benzene rings is 1. The van der Waals surface area contributed by atoms with Gasteiger partial charge in [-0.05, 0) is 18.1 Å². The average Bonchev–Trinajstić information content (AvgIpc) is 2.69. The summed E-state index contributed by atoms with van der Waals surface area (Å²) in [6, 6.07) is 8.12. The summed E-state index contributed by atoms with van der Waals surface area (Å²) in [5.41, 5.74) is 1.27. The Labute approximate surface area is 96.6 Å². The Morgan fingerprint density at radius 1 is 1.50 bits per heavy atom. The molecule has 2 heteroatoms. The summed E-state index contributed by atoms with van der Waals surface area (Å²) in [7, 11) is 0. The van der Waals surface area contributed by atoms with Gasteiger partial charge in [-0.25, -0.2) is 0 Å². The van der Waals surface area contributed by atoms with Gasteiger partial charge in [-0.3, -0.25) is 4.79 Å². The number of carbonyl (C=O) groups excluding carboxylic acids is 1. The summed E-state index contributed by atoms with van der Waals surface area (Å²) < 4.78 is 5.82. The second-order valence-corrected chi connectivity index (χ2v) is 4.51. The summed E-state index contributed by atoms with van der Waals surface area (Å²) in [4.78, 5) is 11.5. The standard InChI is InChI=1S/C14H18O2/c1-3-13(15)10(2)8-12-9-11-6-4-5-7-14(11)16-12/h4-7,10,12H,3,8-9H2,1-2H3. The van der Waals surface area contributed by atoms with E-state index in [0.717, 1.165) is 18.6 Å². The van der Waals surface area contributed by atoms with Crippen molar-refractivity contribution in [3.63, 3.8) is 0 Å². The second kappa shape index (κ2) is 4.69. The van der Waals surface area contributed by atoms with Crippen molar-refractivity contribution >= 4 is 5.78 Å². The van der Waals surface area contributed by atoms with Gasteiger partial charge in [0.2, 0.25) is 0 Å². The molecule has 1 aromatic carbocycles. The highest BCUT2D eigenvalue weighted by Crippen LogP contribution is 2.30. The summed E-state index contributed by atoms with van der Waals surface area (Å²) in [6.45, 7) is 3.92. The molecule has 0 aromatic heterocycles. The van der Waals surface area contributed by atoms with Gasteiger partial charge < -0.3 is 4.74 Å². The van der Waals surface area contributed by atoms with Crippen LogP contribution in [0, 0.1) is 5.92 Å². The van der Waals surface area contributed by atoms with E-state index in [-0.39, 0.29) is 12.0 Å². The molecule has 2 nitrogen and oxygen atoms in total. The molecule has 1 aliphatic rings. The molecule has 0 saturated heterocycles. The van der Waals surface area contributed by atoms with Crippen LogP contribution in [0.2, 0.25) is 0 Å². The first-order valence-electron chi connectivity index (χ1n) is 5.98. The first kappa shape index (κ1) is 11.2. The van der Waals surface area contributed by atoms with Crippen LogP contribution in [0.4, 0.5) is 0 Å². The normalized spacial score (nSPS) is 20.0. The van der Waals surface area contributed by atoms with Crippen molar-refractivity contribution in [2.75, 3.05) is 0 Å². The van der Waals surface area contributed by atoms with Gasteiger partial charge in [0.15, 0.2) is 0 Å². The van der Waals surface area contributed by atoms with Crippen LogP contribution in [0.15, 0.2) is 24.3 Å². The van der Waals surface area contributed by atoms with Gasteiger partial charge in [0.25, 0.3) is 0 Å². The summed E-state index contributed by atoms with van der Waals surface area (Å²) >= 11 is 0. The van der Waals surface area contributed by atoms with E-state index in [0.29, 0.717) is 12.2 Å². The van der Waals surface area contributed by atoms with Crippen molar-refractivity contribution < 1.29 is 9.53 Å². The zero-order valence-corrected chi connectivity index (χ0v) is 9.90. The largest absolute Gasteiger partial charge is 0.490 e. The zero-order valence-electron chi connectivity index (χ0n) is 9.90. The number of hydrogen-bond acceptors (Lipinski definition) is 2. The van der Waals surface area contributed by atoms with Crippen LogP contribution >= 0.6 is 0 Å². The van der Waals surface area contributed by atoms with Crippen molar-refractivity contribution in [1.82, 2.24) is 0 Å². The molecule has 0 fully saturated rings. The third kappa shape index (κ3) is 2.26. The monoisotopic (exact) mass is 218 g/mol. The van der Waals surface area contributed by atoms with Gasteiger partial charge in [-0.1, -0.05) is 32.0 Å². The highest BCUT2D eigenvalue weighted by molar-refractivity contribution is 5.80. The number of Topliss-reactive ketones (excluding diaryl/α,β-unsaturated/α-hetero) is 1. The van der Waals surface area contributed by atoms with E-state index < -0.39 is 0 Å². The Kier molecular flexibility index (Phi) is 3.28. The molecule has 1 aromatic rings. The van der Waals surface area contributed by atoms with E-state index in [1.807, 2.05) is 32.0 Å². The quantitative estimate of drug-likeness (QED) is 0.776. The molecule has 0 N–H and O–H groups in total. The first-order valence-corrected chi connectivity index (χ1v) is 5.98. The molecule has 1 aliphatic heterocycles. The molecule has 16 heavy (non-hydrogen) atoms. The van der Waals surface area contributed by atoms with Crippen molar-refractivity contribution in [1.29, 1.82) is 0 Å². The Hall–Kier alpha value is -1.31. The predicted molar refractivity (Wildman–Crippen MR) is 63.6 cm³/mol. The van der Waals surface area contributed by atoms with Gasteiger partial charge in [0, 0.05) is 18.8 Å². The third-order valence-electron chi connectivity index (χ3n) is 3.23. The maximum absolute atomic E-state index is 11.5. The molecule has 0 saturated carbocycles. The van der Waals surface area contributed by atoms with Gasteiger partial charge in [-0.15, -0.1) is 0 Å². The number of ketones is 1. The molecule has 2 atom stereocenters. The average molecular weight is 218 g/mol. The molecule has 0 aliphatic carbocycles. The number of hydrogen-bond donors (Lipinski definition) is 0. The molecular formula is C14H18O2. The fraction of sp³-hybridized carbons (Fsp3) is 0.500. The van der Waals surface area contributed by atoms with E-state index in [2.05, 4.69) is 6.07 Å². The minimum atomic E-state index is 0.115. The van der Waals surface area contributed by atoms with Crippen LogP contribution in [0.3, 0.4) is 0 Å². The number of carbonyl (C=O) groups is 1. The molecule has 1 heterocycles. The topological polar surface area (TPSA) is 26.3 Å². The SMILES string of the molecule is CCC(=O)C(C)CC1Cc2ccccc2O1. The van der Waals surface area contributed by atoms with Gasteiger partial charge in [0.1, 0.15) is 17.6 Å². The van der Waals surface area contributed by atoms with Crippen molar-refractivity contribution in [2.24, 2.45) is 5.92 Å². The summed E-state index contributed by atoms with van der Waals surface area (Å²) in [5.74, 6) is 1.44. The van der Waals surface area contributed by atoms with Crippen LogP contribution in [0.1, 0.15) is 32.3 Å². The maximum atomic E-state index is 11.5. The van der Waals surface area contributed by atoms with E-state index >= 15 is 0 Å². The van der Waals surface area contributed by atoms with Crippen LogP contribution in [-0.4, -0.2) is 11.9 Å². The highest BCUT2D eigenvalue weighted by atomic mass is 16.5. The van der Waals surface area contributed by atoms with Crippen LogP contribution in [-0.2, 0) is 11.2 Å². The number of para-hydroxylation sites is 1. The van der Waals surface area contributed by atoms with Crippen molar-refractivity contribution in [3.05, 3.63) is 29.8 Å². The molecule has 0 bridgehead atoms. The Balaban J connectivity index is 1.94. The lowest BCUT2D eigenvalue weighted by atomic mass is 9.95. The molecule has 0 amide bonds. The Morgan fingerprint density at radius 2 is 2.25 bits per heavy atom. The van der Waals surface area contributed by atoms with Gasteiger partial charge >= 0.3 is 0 Å². The predicted octanol–water partition coefficient (Wildman–Crippen LogP) is 3.00. The number of fused-ring (bicyclic) bond motifs is 1. The molecule has 2 rings (SSSR count). The lowest BCUT2D eigenvalue weighted by molar-refractivity contribution is -0.122. The smallest absolute Gasteiger partial charge is 0.135 e. The van der Waals surface area contributed by atoms with Crippen molar-refractivity contribution in [2.45, 2.75) is 39.2 Å². The molecular weight excluding hydrogens is 200 g/mol. The molecule has 86 valence electrons. The fourth-order valence-corrected chi connectivity index (χ4v) is 2.26. The first-order chi connectivity index (χ1) is 7.70. The number of ether oxygens (including phenoxy) is 1. The molecule has 2 unspecified atom stereocenters. The van der Waals surface area contributed by atoms with E-state index in [1.54, 1.807) is 0 Å². The minimum absolute atomic E-state index is 0.115. The molecule has 0 radical (unpaired) electrons. The Morgan fingerprint density at radius 3 is 2.94 bits per heavy atom. The highest BCUT2D eigenvalue weighted by Gasteiger charge is 2.25. The summed E-state index contributed by atoms with van der Waals surface area (Å²) in [5, 5.41) is 0. The minimum Gasteiger partial charge on any atom is -0.490 e. The maximum Gasteiger partial charge on any atom is 0.135 e. The fourth-order valence-electron chi connectivity index (χ4n) is 2.26. The van der Waals surface area contributed by atoms with E-state index in [9.17, 15) is 4.79 Å². The van der Waals surface area contributed by atoms with E-state index in [1.165, 1.54) is 5.56 Å². The van der Waals surface area contributed by atoms with E-state index in [4.69, 9.17) is 4.74 Å². The van der Waals surface area contributed by atoms with Crippen LogP contribution < -0.4 is 4.74 Å². The zero-order chi connectivity index (χ0) is 11.5.